The molecular weight excluding hydrogens is 413 g/mol. The van der Waals surface area contributed by atoms with Gasteiger partial charge in [-0.1, -0.05) is 15.9 Å². The second-order valence-electron chi connectivity index (χ2n) is 3.48. The first-order valence-electron chi connectivity index (χ1n) is 5.43. The van der Waals surface area contributed by atoms with Crippen molar-refractivity contribution in [1.82, 2.24) is 0 Å². The highest BCUT2D eigenvalue weighted by Gasteiger charge is 2.09. The topological polar surface area (TPSA) is 55.4 Å². The summed E-state index contributed by atoms with van der Waals surface area (Å²) in [6.07, 6.45) is 0.228. The maximum atomic E-state index is 11.6. The van der Waals surface area contributed by atoms with E-state index in [1.165, 1.54) is 0 Å². The lowest BCUT2D eigenvalue weighted by molar-refractivity contribution is -0.144. The molecule has 1 aromatic carbocycles. The Labute approximate surface area is 128 Å². The fourth-order valence-corrected chi connectivity index (χ4v) is 2.09. The number of rotatable bonds is 5. The maximum Gasteiger partial charge on any atom is 0.306 e. The van der Waals surface area contributed by atoms with E-state index in [2.05, 4.69) is 43.8 Å². The third-order valence-electron chi connectivity index (χ3n) is 2.06. The molecule has 0 spiro atoms. The third-order valence-corrected chi connectivity index (χ3v) is 3.50. The second-order valence-corrected chi connectivity index (χ2v) is 5.56. The number of amides is 1. The molecule has 0 saturated heterocycles. The molecule has 4 nitrogen and oxygen atoms in total. The number of esters is 1. The zero-order valence-electron chi connectivity index (χ0n) is 9.83. The van der Waals surface area contributed by atoms with Crippen molar-refractivity contribution >= 4 is 56.1 Å². The fraction of sp³-hybridized carbons (Fsp3) is 0.333. The van der Waals surface area contributed by atoms with Gasteiger partial charge in [-0.3, -0.25) is 9.59 Å². The SMILES string of the molecule is CCOC(=O)CCC(=O)Nc1cc(Br)ccc1I. The second kappa shape index (κ2) is 7.73. The summed E-state index contributed by atoms with van der Waals surface area (Å²) in [7, 11) is 0. The van der Waals surface area contributed by atoms with E-state index >= 15 is 0 Å². The Morgan fingerprint density at radius 1 is 1.39 bits per heavy atom. The number of nitrogens with one attached hydrogen (secondary N) is 1. The summed E-state index contributed by atoms with van der Waals surface area (Å²) in [5.41, 5.74) is 0.735. The first kappa shape index (κ1) is 15.4. The molecule has 0 atom stereocenters. The molecule has 98 valence electrons. The van der Waals surface area contributed by atoms with Crippen molar-refractivity contribution in [3.8, 4) is 0 Å². The molecule has 6 heteroatoms. The molecule has 0 bridgehead atoms. The lowest BCUT2D eigenvalue weighted by Crippen LogP contribution is -2.15. The number of anilines is 1. The monoisotopic (exact) mass is 425 g/mol. The van der Waals surface area contributed by atoms with Crippen molar-refractivity contribution in [3.05, 3.63) is 26.2 Å². The highest BCUT2D eigenvalue weighted by molar-refractivity contribution is 14.1. The lowest BCUT2D eigenvalue weighted by atomic mass is 10.2. The summed E-state index contributed by atoms with van der Waals surface area (Å²) in [6.45, 7) is 2.08. The predicted molar refractivity (Wildman–Crippen MR) is 81.4 cm³/mol. The van der Waals surface area contributed by atoms with Gasteiger partial charge in [0.1, 0.15) is 0 Å². The molecule has 0 aliphatic rings. The minimum Gasteiger partial charge on any atom is -0.466 e. The van der Waals surface area contributed by atoms with Crippen molar-refractivity contribution in [3.63, 3.8) is 0 Å². The van der Waals surface area contributed by atoms with E-state index in [1.54, 1.807) is 6.92 Å². The smallest absolute Gasteiger partial charge is 0.306 e. The quantitative estimate of drug-likeness (QED) is 0.581. The van der Waals surface area contributed by atoms with Crippen LogP contribution in [-0.4, -0.2) is 18.5 Å². The van der Waals surface area contributed by atoms with Crippen LogP contribution >= 0.6 is 38.5 Å². The van der Waals surface area contributed by atoms with Crippen LogP contribution in [0.1, 0.15) is 19.8 Å². The first-order chi connectivity index (χ1) is 8.52. The van der Waals surface area contributed by atoms with Crippen LogP contribution in [0.5, 0.6) is 0 Å². The van der Waals surface area contributed by atoms with Gasteiger partial charge < -0.3 is 10.1 Å². The average Bonchev–Trinajstić information content (AvgIpc) is 2.32. The van der Waals surface area contributed by atoms with Crippen LogP contribution in [0.4, 0.5) is 5.69 Å². The molecule has 1 N–H and O–H groups in total. The van der Waals surface area contributed by atoms with E-state index in [0.29, 0.717) is 6.61 Å². The van der Waals surface area contributed by atoms with Crippen molar-refractivity contribution in [2.24, 2.45) is 0 Å². The van der Waals surface area contributed by atoms with Crippen LogP contribution in [0.25, 0.3) is 0 Å². The van der Waals surface area contributed by atoms with Crippen molar-refractivity contribution in [2.75, 3.05) is 11.9 Å². The zero-order valence-corrected chi connectivity index (χ0v) is 13.6. The zero-order chi connectivity index (χ0) is 13.5. The number of carbonyl (C=O) groups excluding carboxylic acids is 2. The van der Waals surface area contributed by atoms with Crippen molar-refractivity contribution < 1.29 is 14.3 Å². The Morgan fingerprint density at radius 2 is 2.11 bits per heavy atom. The highest BCUT2D eigenvalue weighted by Crippen LogP contribution is 2.23. The Hall–Kier alpha value is -0.630. The fourth-order valence-electron chi connectivity index (χ4n) is 1.25. The van der Waals surface area contributed by atoms with Gasteiger partial charge in [-0.2, -0.15) is 0 Å². The molecule has 1 rings (SSSR count). The summed E-state index contributed by atoms with van der Waals surface area (Å²) in [6, 6.07) is 5.62. The van der Waals surface area contributed by atoms with Gasteiger partial charge in [0.15, 0.2) is 0 Å². The summed E-state index contributed by atoms with van der Waals surface area (Å²) in [5, 5.41) is 2.76. The predicted octanol–water partition coefficient (Wildman–Crippen LogP) is 3.34. The van der Waals surface area contributed by atoms with Gasteiger partial charge >= 0.3 is 5.97 Å². The van der Waals surface area contributed by atoms with Crippen molar-refractivity contribution in [2.45, 2.75) is 19.8 Å². The Bertz CT molecular complexity index is 451. The van der Waals surface area contributed by atoms with Gasteiger partial charge in [-0.05, 0) is 47.7 Å². The Balaban J connectivity index is 2.49. The van der Waals surface area contributed by atoms with Gasteiger partial charge in [0, 0.05) is 14.5 Å². The molecule has 18 heavy (non-hydrogen) atoms. The molecule has 0 fully saturated rings. The highest BCUT2D eigenvalue weighted by atomic mass is 127. The average molecular weight is 426 g/mol. The summed E-state index contributed by atoms with van der Waals surface area (Å²) < 4.78 is 6.59. The van der Waals surface area contributed by atoms with Gasteiger partial charge in [0.2, 0.25) is 5.91 Å². The molecule has 0 heterocycles. The Morgan fingerprint density at radius 3 is 2.78 bits per heavy atom. The molecular formula is C12H13BrINO3. The Kier molecular flexibility index (Phi) is 6.62. The normalized spacial score (nSPS) is 9.94. The molecule has 1 amide bonds. The largest absolute Gasteiger partial charge is 0.466 e. The first-order valence-corrected chi connectivity index (χ1v) is 7.30. The van der Waals surface area contributed by atoms with Gasteiger partial charge in [-0.25, -0.2) is 0 Å². The number of ether oxygens (including phenoxy) is 1. The van der Waals surface area contributed by atoms with Gasteiger partial charge in [0.05, 0.1) is 18.7 Å². The van der Waals surface area contributed by atoms with Crippen LogP contribution in [0.15, 0.2) is 22.7 Å². The van der Waals surface area contributed by atoms with Crippen LogP contribution < -0.4 is 5.32 Å². The van der Waals surface area contributed by atoms with E-state index in [1.807, 2.05) is 18.2 Å². The third kappa shape index (κ3) is 5.34. The van der Waals surface area contributed by atoms with Crippen LogP contribution in [0.3, 0.4) is 0 Å². The standard InChI is InChI=1S/C12H13BrINO3/c1-2-18-12(17)6-5-11(16)15-10-7-8(13)3-4-9(10)14/h3-4,7H,2,5-6H2,1H3,(H,15,16). The van der Waals surface area contributed by atoms with Crippen LogP contribution in [-0.2, 0) is 14.3 Å². The summed E-state index contributed by atoms with van der Waals surface area (Å²) in [4.78, 5) is 22.8. The molecule has 1 aromatic rings. The van der Waals surface area contributed by atoms with Crippen LogP contribution in [0.2, 0.25) is 0 Å². The molecule has 0 radical (unpaired) electrons. The van der Waals surface area contributed by atoms with E-state index < -0.39 is 0 Å². The number of halogens is 2. The summed E-state index contributed by atoms with van der Waals surface area (Å²) in [5.74, 6) is -0.546. The van der Waals surface area contributed by atoms with E-state index in [4.69, 9.17) is 4.74 Å². The lowest BCUT2D eigenvalue weighted by Gasteiger charge is -2.07. The maximum absolute atomic E-state index is 11.6. The van der Waals surface area contributed by atoms with Crippen molar-refractivity contribution in [1.29, 1.82) is 0 Å². The number of hydrogen-bond acceptors (Lipinski definition) is 3. The molecule has 0 aliphatic heterocycles. The molecule has 0 aromatic heterocycles. The van der Waals surface area contributed by atoms with Gasteiger partial charge in [0.25, 0.3) is 0 Å². The summed E-state index contributed by atoms with van der Waals surface area (Å²) >= 11 is 5.48. The van der Waals surface area contributed by atoms with Crippen LogP contribution in [0, 0.1) is 3.57 Å². The van der Waals surface area contributed by atoms with E-state index in [0.717, 1.165) is 13.7 Å². The van der Waals surface area contributed by atoms with E-state index in [-0.39, 0.29) is 24.7 Å². The minimum absolute atomic E-state index is 0.101. The van der Waals surface area contributed by atoms with E-state index in [9.17, 15) is 9.59 Å². The number of benzene rings is 1. The minimum atomic E-state index is -0.350. The molecule has 0 saturated carbocycles. The van der Waals surface area contributed by atoms with Gasteiger partial charge in [-0.15, -0.1) is 0 Å². The number of hydrogen-bond donors (Lipinski definition) is 1. The molecule has 0 unspecified atom stereocenters. The molecule has 0 aliphatic carbocycles. The number of carbonyl (C=O) groups is 2.